The van der Waals surface area contributed by atoms with Crippen molar-refractivity contribution in [2.45, 2.75) is 23.5 Å². The van der Waals surface area contributed by atoms with Crippen molar-refractivity contribution in [3.8, 4) is 0 Å². The average Bonchev–Trinajstić information content (AvgIpc) is 2.75. The number of rotatable bonds is 7. The molecule has 1 heterocycles. The van der Waals surface area contributed by atoms with Crippen LogP contribution in [0, 0.1) is 0 Å². The molecule has 4 N–H and O–H groups in total. The van der Waals surface area contributed by atoms with E-state index in [9.17, 15) is 8.42 Å². The fourth-order valence-corrected chi connectivity index (χ4v) is 4.33. The number of nitrogens with zero attached hydrogens (tertiary/aromatic N) is 1. The van der Waals surface area contributed by atoms with E-state index in [-0.39, 0.29) is 10.0 Å². The summed E-state index contributed by atoms with van der Waals surface area (Å²) in [6, 6.07) is 3.24. The van der Waals surface area contributed by atoms with Gasteiger partial charge >= 0.3 is 0 Å². The topological polar surface area (TPSA) is 105 Å². The zero-order valence-corrected chi connectivity index (χ0v) is 12.7. The van der Waals surface area contributed by atoms with E-state index in [1.165, 1.54) is 0 Å². The minimum atomic E-state index is -3.42. The second-order valence-electron chi connectivity index (χ2n) is 3.50. The maximum Gasteiger partial charge on any atom is 0.250 e. The van der Waals surface area contributed by atoms with Gasteiger partial charge in [-0.2, -0.15) is 0 Å². The third-order valence-corrected chi connectivity index (χ3v) is 5.67. The van der Waals surface area contributed by atoms with E-state index in [2.05, 4.69) is 25.8 Å². The summed E-state index contributed by atoms with van der Waals surface area (Å²) in [6.45, 7) is 0.330. The van der Waals surface area contributed by atoms with Crippen LogP contribution in [-0.2, 0) is 10.0 Å². The molecule has 0 radical (unpaired) electrons. The zero-order chi connectivity index (χ0) is 13.6. The lowest BCUT2D eigenvalue weighted by atomic mass is 10.2. The maximum absolute atomic E-state index is 11.8. The highest BCUT2D eigenvalue weighted by molar-refractivity contribution is 9.11. The number of nitrogens with one attached hydrogen (secondary N) is 1. The highest BCUT2D eigenvalue weighted by Crippen LogP contribution is 2.25. The van der Waals surface area contributed by atoms with Gasteiger partial charge in [-0.1, -0.05) is 5.16 Å². The molecule has 9 heteroatoms. The Labute approximate surface area is 118 Å². The Hall–Kier alpha value is -0.640. The Morgan fingerprint density at radius 2 is 2.22 bits per heavy atom. The van der Waals surface area contributed by atoms with E-state index in [0.29, 0.717) is 25.8 Å². The molecule has 0 atom stereocenters. The first-order valence-corrected chi connectivity index (χ1v) is 8.26. The molecule has 1 rings (SSSR count). The van der Waals surface area contributed by atoms with E-state index in [0.717, 1.165) is 15.1 Å². The van der Waals surface area contributed by atoms with Crippen LogP contribution in [0.15, 0.2) is 25.3 Å². The molecule has 0 aliphatic rings. The van der Waals surface area contributed by atoms with Gasteiger partial charge in [-0.05, 0) is 40.9 Å². The van der Waals surface area contributed by atoms with Gasteiger partial charge < -0.3 is 10.9 Å². The Morgan fingerprint density at radius 3 is 2.78 bits per heavy atom. The summed E-state index contributed by atoms with van der Waals surface area (Å²) >= 11 is 4.38. The van der Waals surface area contributed by atoms with Crippen molar-refractivity contribution in [3.05, 3.63) is 15.9 Å². The average molecular weight is 356 g/mol. The van der Waals surface area contributed by atoms with Gasteiger partial charge in [0.05, 0.1) is 3.79 Å². The number of sulfonamides is 1. The molecule has 0 aliphatic carbocycles. The molecule has 0 spiro atoms. The van der Waals surface area contributed by atoms with Gasteiger partial charge in [0.2, 0.25) is 10.0 Å². The number of oxime groups is 1. The van der Waals surface area contributed by atoms with Gasteiger partial charge in [-0.3, -0.25) is 0 Å². The van der Waals surface area contributed by atoms with E-state index in [4.69, 9.17) is 10.9 Å². The van der Waals surface area contributed by atoms with Crippen molar-refractivity contribution in [2.75, 3.05) is 6.54 Å². The number of nitrogens with two attached hydrogens (primary N) is 1. The number of thiophene rings is 1. The predicted octanol–water partition coefficient (Wildman–Crippen LogP) is 1.71. The largest absolute Gasteiger partial charge is 0.409 e. The monoisotopic (exact) mass is 355 g/mol. The first-order valence-electron chi connectivity index (χ1n) is 5.17. The summed E-state index contributed by atoms with van der Waals surface area (Å²) in [7, 11) is -3.42. The van der Waals surface area contributed by atoms with Crippen LogP contribution in [0.1, 0.15) is 19.3 Å². The lowest BCUT2D eigenvalue weighted by molar-refractivity contribution is 0.316. The standard InChI is InChI=1S/C9H14BrN3O3S2/c10-7-4-5-9(17-7)18(15,16)12-6-2-1-3-8(11)13-14/h4-5,12,14H,1-3,6H2,(H2,11,13). The summed E-state index contributed by atoms with van der Waals surface area (Å²) in [5, 5.41) is 11.2. The van der Waals surface area contributed by atoms with Crippen LogP contribution in [0.25, 0.3) is 0 Å². The van der Waals surface area contributed by atoms with Gasteiger partial charge in [-0.25, -0.2) is 13.1 Å². The van der Waals surface area contributed by atoms with Crippen LogP contribution in [-0.4, -0.2) is 26.0 Å². The molecule has 102 valence electrons. The highest BCUT2D eigenvalue weighted by Gasteiger charge is 2.15. The Morgan fingerprint density at radius 1 is 1.50 bits per heavy atom. The maximum atomic E-state index is 11.8. The molecule has 0 amide bonds. The van der Waals surface area contributed by atoms with Crippen LogP contribution >= 0.6 is 27.3 Å². The van der Waals surface area contributed by atoms with Crippen molar-refractivity contribution in [3.63, 3.8) is 0 Å². The van der Waals surface area contributed by atoms with Crippen molar-refractivity contribution in [1.29, 1.82) is 0 Å². The third-order valence-electron chi connectivity index (χ3n) is 2.09. The molecular weight excluding hydrogens is 342 g/mol. The lowest BCUT2D eigenvalue weighted by Gasteiger charge is -2.04. The van der Waals surface area contributed by atoms with Gasteiger partial charge in [-0.15, -0.1) is 11.3 Å². The molecule has 0 saturated heterocycles. The van der Waals surface area contributed by atoms with Crippen LogP contribution < -0.4 is 10.5 Å². The second kappa shape index (κ2) is 7.07. The molecule has 0 fully saturated rings. The van der Waals surface area contributed by atoms with E-state index < -0.39 is 10.0 Å². The summed E-state index contributed by atoms with van der Waals surface area (Å²) in [4.78, 5) is 0. The van der Waals surface area contributed by atoms with E-state index >= 15 is 0 Å². The number of halogens is 1. The first-order chi connectivity index (χ1) is 8.45. The molecular formula is C9H14BrN3O3S2. The summed E-state index contributed by atoms with van der Waals surface area (Å²) < 4.78 is 27.1. The molecule has 6 nitrogen and oxygen atoms in total. The minimum Gasteiger partial charge on any atom is -0.409 e. The Balaban J connectivity index is 2.35. The fourth-order valence-electron chi connectivity index (χ4n) is 1.20. The Kier molecular flexibility index (Phi) is 6.06. The van der Waals surface area contributed by atoms with Crippen LogP contribution in [0.5, 0.6) is 0 Å². The number of hydrogen-bond donors (Lipinski definition) is 3. The quantitative estimate of drug-likeness (QED) is 0.227. The van der Waals surface area contributed by atoms with E-state index in [1.54, 1.807) is 12.1 Å². The van der Waals surface area contributed by atoms with Crippen molar-refractivity contribution >= 4 is 43.1 Å². The van der Waals surface area contributed by atoms with Crippen LogP contribution in [0.2, 0.25) is 0 Å². The highest BCUT2D eigenvalue weighted by atomic mass is 79.9. The summed E-state index contributed by atoms with van der Waals surface area (Å²) in [6.07, 6.45) is 1.73. The molecule has 0 aliphatic heterocycles. The normalized spacial score (nSPS) is 12.8. The first kappa shape index (κ1) is 15.4. The minimum absolute atomic E-state index is 0.153. The van der Waals surface area contributed by atoms with Crippen LogP contribution in [0.3, 0.4) is 0 Å². The van der Waals surface area contributed by atoms with Crippen molar-refractivity contribution in [2.24, 2.45) is 10.9 Å². The second-order valence-corrected chi connectivity index (χ2v) is 7.96. The fraction of sp³-hybridized carbons (Fsp3) is 0.444. The van der Waals surface area contributed by atoms with Crippen molar-refractivity contribution in [1.82, 2.24) is 4.72 Å². The van der Waals surface area contributed by atoms with E-state index in [1.807, 2.05) is 0 Å². The molecule has 1 aromatic rings. The summed E-state index contributed by atoms with van der Waals surface area (Å²) in [5.41, 5.74) is 5.29. The Bertz CT molecular complexity index is 513. The molecule has 18 heavy (non-hydrogen) atoms. The number of hydrogen-bond acceptors (Lipinski definition) is 5. The van der Waals surface area contributed by atoms with Crippen molar-refractivity contribution < 1.29 is 13.6 Å². The lowest BCUT2D eigenvalue weighted by Crippen LogP contribution is -2.24. The van der Waals surface area contributed by atoms with Gasteiger partial charge in [0.25, 0.3) is 0 Å². The predicted molar refractivity (Wildman–Crippen MR) is 74.5 cm³/mol. The molecule has 0 unspecified atom stereocenters. The van der Waals surface area contributed by atoms with Gasteiger partial charge in [0.15, 0.2) is 0 Å². The molecule has 1 aromatic heterocycles. The molecule has 0 bridgehead atoms. The van der Waals surface area contributed by atoms with Gasteiger partial charge in [0, 0.05) is 13.0 Å². The van der Waals surface area contributed by atoms with Crippen LogP contribution in [0.4, 0.5) is 0 Å². The number of unbranched alkanes of at least 4 members (excludes halogenated alkanes) is 1. The summed E-state index contributed by atoms with van der Waals surface area (Å²) in [5.74, 6) is 0.153. The number of amidine groups is 1. The molecule has 0 saturated carbocycles. The molecule has 0 aromatic carbocycles. The zero-order valence-electron chi connectivity index (χ0n) is 9.47. The third kappa shape index (κ3) is 4.92. The SMILES string of the molecule is NC(CCCCNS(=O)(=O)c1ccc(Br)s1)=NO. The van der Waals surface area contributed by atoms with Gasteiger partial charge in [0.1, 0.15) is 10.0 Å². The smallest absolute Gasteiger partial charge is 0.250 e.